The molecule has 0 aliphatic heterocycles. The van der Waals surface area contributed by atoms with Crippen molar-refractivity contribution < 1.29 is 9.13 Å². The Morgan fingerprint density at radius 3 is 2.94 bits per heavy atom. The van der Waals surface area contributed by atoms with Crippen LogP contribution in [0.15, 0.2) is 23.1 Å². The van der Waals surface area contributed by atoms with E-state index in [9.17, 15) is 4.39 Å². The van der Waals surface area contributed by atoms with Crippen LogP contribution in [0.2, 0.25) is 0 Å². The van der Waals surface area contributed by atoms with Gasteiger partial charge in [-0.2, -0.15) is 0 Å². The second-order valence-electron chi connectivity index (χ2n) is 4.45. The molecule has 1 aromatic carbocycles. The third-order valence-electron chi connectivity index (χ3n) is 3.18. The summed E-state index contributed by atoms with van der Waals surface area (Å²) in [5.41, 5.74) is 6.35. The van der Waals surface area contributed by atoms with E-state index in [1.165, 1.54) is 25.0 Å². The summed E-state index contributed by atoms with van der Waals surface area (Å²) in [4.78, 5) is 0.980. The number of ether oxygens (including phenoxy) is 1. The number of nitrogens with two attached hydrogens (primary N) is 1. The summed E-state index contributed by atoms with van der Waals surface area (Å²) in [5.74, 6) is -0.273. The molecule has 0 aromatic heterocycles. The fourth-order valence-electron chi connectivity index (χ4n) is 2.23. The van der Waals surface area contributed by atoms with Gasteiger partial charge >= 0.3 is 0 Å². The van der Waals surface area contributed by atoms with E-state index in [-0.39, 0.29) is 5.82 Å². The van der Waals surface area contributed by atoms with Crippen molar-refractivity contribution in [2.75, 3.05) is 12.8 Å². The first kappa shape index (κ1) is 12.7. The smallest absolute Gasteiger partial charge is 0.125 e. The largest absolute Gasteiger partial charge is 0.398 e. The summed E-state index contributed by atoms with van der Waals surface area (Å²) in [6.07, 6.45) is 4.94. The molecule has 0 bridgehead atoms. The Balaban J connectivity index is 2.00. The minimum absolute atomic E-state index is 0.273. The maximum absolute atomic E-state index is 12.9. The van der Waals surface area contributed by atoms with Crippen LogP contribution in [0.25, 0.3) is 0 Å². The Kier molecular flexibility index (Phi) is 4.29. The van der Waals surface area contributed by atoms with Crippen molar-refractivity contribution in [1.82, 2.24) is 0 Å². The van der Waals surface area contributed by atoms with Crippen LogP contribution in [0, 0.1) is 5.82 Å². The van der Waals surface area contributed by atoms with Crippen molar-refractivity contribution in [3.05, 3.63) is 24.0 Å². The number of anilines is 1. The van der Waals surface area contributed by atoms with Gasteiger partial charge in [0, 0.05) is 22.9 Å². The SMILES string of the molecule is COC1CCCC(Sc2ccc(F)cc2N)C1. The van der Waals surface area contributed by atoms with Gasteiger partial charge in [-0.1, -0.05) is 0 Å². The average Bonchev–Trinajstić information content (AvgIpc) is 2.33. The second-order valence-corrected chi connectivity index (χ2v) is 5.79. The van der Waals surface area contributed by atoms with E-state index in [1.54, 1.807) is 24.9 Å². The summed E-state index contributed by atoms with van der Waals surface area (Å²) in [6.45, 7) is 0. The first-order valence-corrected chi connectivity index (χ1v) is 6.81. The molecule has 17 heavy (non-hydrogen) atoms. The van der Waals surface area contributed by atoms with E-state index in [1.807, 2.05) is 0 Å². The topological polar surface area (TPSA) is 35.2 Å². The Hall–Kier alpha value is -0.740. The lowest BCUT2D eigenvalue weighted by Gasteiger charge is -2.27. The molecule has 2 unspecified atom stereocenters. The standard InChI is InChI=1S/C13H18FNOS/c1-16-10-3-2-4-11(8-10)17-13-6-5-9(14)7-12(13)15/h5-7,10-11H,2-4,8,15H2,1H3. The van der Waals surface area contributed by atoms with Crippen molar-refractivity contribution in [2.45, 2.75) is 41.9 Å². The van der Waals surface area contributed by atoms with Gasteiger partial charge in [0.25, 0.3) is 0 Å². The lowest BCUT2D eigenvalue weighted by molar-refractivity contribution is 0.0730. The number of benzene rings is 1. The van der Waals surface area contributed by atoms with Crippen LogP contribution >= 0.6 is 11.8 Å². The summed E-state index contributed by atoms with van der Waals surface area (Å²) < 4.78 is 18.3. The van der Waals surface area contributed by atoms with Gasteiger partial charge in [-0.3, -0.25) is 0 Å². The highest BCUT2D eigenvalue weighted by Crippen LogP contribution is 2.37. The Morgan fingerprint density at radius 1 is 1.41 bits per heavy atom. The number of halogens is 1. The number of thioether (sulfide) groups is 1. The molecule has 0 spiro atoms. The highest BCUT2D eigenvalue weighted by atomic mass is 32.2. The third kappa shape index (κ3) is 3.36. The fourth-order valence-corrected chi connectivity index (χ4v) is 3.53. The molecule has 4 heteroatoms. The summed E-state index contributed by atoms with van der Waals surface area (Å²) in [5, 5.41) is 0.529. The number of rotatable bonds is 3. The molecule has 1 fully saturated rings. The van der Waals surface area contributed by atoms with Crippen LogP contribution in [-0.2, 0) is 4.74 Å². The predicted octanol–water partition coefficient (Wildman–Crippen LogP) is 3.46. The van der Waals surface area contributed by atoms with Crippen molar-refractivity contribution >= 4 is 17.4 Å². The predicted molar refractivity (Wildman–Crippen MR) is 69.7 cm³/mol. The monoisotopic (exact) mass is 255 g/mol. The molecule has 94 valence electrons. The molecule has 1 saturated carbocycles. The maximum Gasteiger partial charge on any atom is 0.125 e. The highest BCUT2D eigenvalue weighted by molar-refractivity contribution is 8.00. The zero-order valence-corrected chi connectivity index (χ0v) is 10.8. The van der Waals surface area contributed by atoms with Crippen LogP contribution in [-0.4, -0.2) is 18.5 Å². The molecular formula is C13H18FNOS. The minimum atomic E-state index is -0.273. The molecule has 1 aliphatic carbocycles. The van der Waals surface area contributed by atoms with Gasteiger partial charge in [0.05, 0.1) is 6.10 Å². The van der Waals surface area contributed by atoms with E-state index in [0.717, 1.165) is 17.7 Å². The van der Waals surface area contributed by atoms with Crippen LogP contribution in [0.1, 0.15) is 25.7 Å². The number of hydrogen-bond acceptors (Lipinski definition) is 3. The molecule has 2 nitrogen and oxygen atoms in total. The second kappa shape index (κ2) is 5.74. The number of hydrogen-bond donors (Lipinski definition) is 1. The van der Waals surface area contributed by atoms with Crippen molar-refractivity contribution in [2.24, 2.45) is 0 Å². The van der Waals surface area contributed by atoms with Gasteiger partial charge in [0.15, 0.2) is 0 Å². The van der Waals surface area contributed by atoms with Crippen LogP contribution in [0.5, 0.6) is 0 Å². The lowest BCUT2D eigenvalue weighted by atomic mass is 9.97. The number of nitrogen functional groups attached to an aromatic ring is 1. The molecule has 1 aliphatic rings. The van der Waals surface area contributed by atoms with Crippen LogP contribution in [0.3, 0.4) is 0 Å². The molecule has 2 N–H and O–H groups in total. The highest BCUT2D eigenvalue weighted by Gasteiger charge is 2.23. The normalized spacial score (nSPS) is 24.8. The van der Waals surface area contributed by atoms with Gasteiger partial charge in [-0.15, -0.1) is 11.8 Å². The Labute approximate surface area is 106 Å². The zero-order chi connectivity index (χ0) is 12.3. The van der Waals surface area contributed by atoms with E-state index < -0.39 is 0 Å². The molecule has 0 radical (unpaired) electrons. The van der Waals surface area contributed by atoms with Gasteiger partial charge in [0.2, 0.25) is 0 Å². The molecule has 0 saturated heterocycles. The van der Waals surface area contributed by atoms with E-state index in [2.05, 4.69) is 0 Å². The van der Waals surface area contributed by atoms with E-state index in [4.69, 9.17) is 10.5 Å². The van der Waals surface area contributed by atoms with Gasteiger partial charge in [0.1, 0.15) is 5.82 Å². The van der Waals surface area contributed by atoms with E-state index in [0.29, 0.717) is 17.0 Å². The van der Waals surface area contributed by atoms with Gasteiger partial charge in [-0.25, -0.2) is 4.39 Å². The van der Waals surface area contributed by atoms with Gasteiger partial charge in [-0.05, 0) is 43.9 Å². The lowest BCUT2D eigenvalue weighted by Crippen LogP contribution is -2.23. The summed E-state index contributed by atoms with van der Waals surface area (Å²) >= 11 is 1.75. The quantitative estimate of drug-likeness (QED) is 0.840. The van der Waals surface area contributed by atoms with Crippen molar-refractivity contribution in [3.63, 3.8) is 0 Å². The Morgan fingerprint density at radius 2 is 2.24 bits per heavy atom. The molecule has 0 amide bonds. The van der Waals surface area contributed by atoms with Crippen molar-refractivity contribution in [1.29, 1.82) is 0 Å². The molecule has 2 atom stereocenters. The number of methoxy groups -OCH3 is 1. The zero-order valence-electron chi connectivity index (χ0n) is 9.99. The Bertz CT molecular complexity index is 386. The van der Waals surface area contributed by atoms with Crippen LogP contribution in [0.4, 0.5) is 10.1 Å². The molecule has 2 rings (SSSR count). The maximum atomic E-state index is 12.9. The first-order chi connectivity index (χ1) is 8.19. The average molecular weight is 255 g/mol. The molecular weight excluding hydrogens is 237 g/mol. The van der Waals surface area contributed by atoms with Gasteiger partial charge < -0.3 is 10.5 Å². The molecule has 0 heterocycles. The van der Waals surface area contributed by atoms with E-state index >= 15 is 0 Å². The minimum Gasteiger partial charge on any atom is -0.398 e. The summed E-state index contributed by atoms with van der Waals surface area (Å²) in [6, 6.07) is 4.63. The van der Waals surface area contributed by atoms with Crippen molar-refractivity contribution in [3.8, 4) is 0 Å². The van der Waals surface area contributed by atoms with Crippen LogP contribution < -0.4 is 5.73 Å². The summed E-state index contributed by atoms with van der Waals surface area (Å²) in [7, 11) is 1.77. The fraction of sp³-hybridized carbons (Fsp3) is 0.538. The molecule has 1 aromatic rings. The third-order valence-corrected chi connectivity index (χ3v) is 4.56. The first-order valence-electron chi connectivity index (χ1n) is 5.93.